The predicted octanol–water partition coefficient (Wildman–Crippen LogP) is 0.540. The fourth-order valence-electron chi connectivity index (χ4n) is 4.08. The lowest BCUT2D eigenvalue weighted by atomic mass is 10.1. The first kappa shape index (κ1) is 24.0. The van der Waals surface area contributed by atoms with E-state index in [0.717, 1.165) is 0 Å². The summed E-state index contributed by atoms with van der Waals surface area (Å²) in [5.74, 6) is -6.62. The van der Waals surface area contributed by atoms with Crippen LogP contribution in [0.1, 0.15) is 17.4 Å². The van der Waals surface area contributed by atoms with Gasteiger partial charge in [-0.25, -0.2) is 26.3 Å². The van der Waals surface area contributed by atoms with Gasteiger partial charge in [-0.1, -0.05) is 0 Å². The van der Waals surface area contributed by atoms with Gasteiger partial charge in [-0.3, -0.25) is 9.59 Å². The van der Waals surface area contributed by atoms with Gasteiger partial charge >= 0.3 is 0 Å². The number of likely N-dealkylation sites (tertiary alicyclic amines) is 1. The number of carbonyl (C=O) groups excluding carboxylic acids is 2. The second-order valence-corrected chi connectivity index (χ2v) is 10.0. The number of nitrogens with zero attached hydrogens (tertiary/aromatic N) is 2. The number of hydrogen-bond acceptors (Lipinski definition) is 6. The molecule has 34 heavy (non-hydrogen) atoms. The highest BCUT2D eigenvalue weighted by atomic mass is 32.2. The molecule has 0 saturated carbocycles. The van der Waals surface area contributed by atoms with E-state index in [2.05, 4.69) is 10.0 Å². The smallest absolute Gasteiger partial charge is 0.276 e. The number of aryl methyl sites for hydroxylation is 1. The SMILES string of the molecule is C[C@H](N)C(=O)N1C[C@@H]2COc3c(cn(C)c3C(=O)Nc3cc(F)c(F)c(F)c3)S(=O)(=O)N[C@@H]2C1. The Morgan fingerprint density at radius 1 is 1.24 bits per heavy atom. The Morgan fingerprint density at radius 2 is 1.88 bits per heavy atom. The van der Waals surface area contributed by atoms with Crippen molar-refractivity contribution in [1.29, 1.82) is 0 Å². The minimum Gasteiger partial charge on any atom is -0.489 e. The normalized spacial score (nSPS) is 22.1. The number of nitrogens with two attached hydrogens (primary N) is 1. The van der Waals surface area contributed by atoms with Gasteiger partial charge in [0, 0.05) is 56.1 Å². The van der Waals surface area contributed by atoms with Gasteiger partial charge in [0.05, 0.1) is 12.6 Å². The van der Waals surface area contributed by atoms with E-state index in [4.69, 9.17) is 10.5 Å². The molecular formula is C20H22F3N5O5S. The number of anilines is 1. The molecular weight excluding hydrogens is 479 g/mol. The van der Waals surface area contributed by atoms with Crippen molar-refractivity contribution in [2.24, 2.45) is 18.7 Å². The Morgan fingerprint density at radius 3 is 2.50 bits per heavy atom. The largest absolute Gasteiger partial charge is 0.489 e. The number of sulfonamides is 1. The third kappa shape index (κ3) is 4.23. The van der Waals surface area contributed by atoms with Crippen LogP contribution in [0.3, 0.4) is 0 Å². The van der Waals surface area contributed by atoms with Gasteiger partial charge in [0.1, 0.15) is 4.90 Å². The van der Waals surface area contributed by atoms with Crippen molar-refractivity contribution in [2.75, 3.05) is 25.0 Å². The Hall–Kier alpha value is -3.10. The lowest BCUT2D eigenvalue weighted by molar-refractivity contribution is -0.131. The average molecular weight is 501 g/mol. The minimum atomic E-state index is -4.17. The van der Waals surface area contributed by atoms with Crippen molar-refractivity contribution in [3.8, 4) is 5.75 Å². The lowest BCUT2D eigenvalue weighted by Crippen LogP contribution is -2.44. The van der Waals surface area contributed by atoms with Crippen LogP contribution < -0.4 is 20.5 Å². The van der Waals surface area contributed by atoms with Crippen LogP contribution in [-0.4, -0.2) is 61.5 Å². The number of carbonyl (C=O) groups is 2. The molecule has 2 amide bonds. The van der Waals surface area contributed by atoms with E-state index in [1.807, 2.05) is 0 Å². The molecule has 2 aliphatic heterocycles. The van der Waals surface area contributed by atoms with E-state index in [1.54, 1.807) is 0 Å². The summed E-state index contributed by atoms with van der Waals surface area (Å²) in [6.07, 6.45) is 1.17. The van der Waals surface area contributed by atoms with Crippen LogP contribution in [0.2, 0.25) is 0 Å². The Labute approximate surface area is 192 Å². The van der Waals surface area contributed by atoms with Crippen LogP contribution in [0.15, 0.2) is 23.2 Å². The number of ether oxygens (including phenoxy) is 1. The molecule has 1 fully saturated rings. The number of fused-ring (bicyclic) bond motifs is 2. The van der Waals surface area contributed by atoms with E-state index in [-0.39, 0.29) is 47.6 Å². The predicted molar refractivity (Wildman–Crippen MR) is 113 cm³/mol. The Balaban J connectivity index is 1.64. The van der Waals surface area contributed by atoms with Crippen LogP contribution in [0.5, 0.6) is 5.75 Å². The molecule has 2 aliphatic rings. The number of rotatable bonds is 3. The zero-order valence-electron chi connectivity index (χ0n) is 18.1. The molecule has 0 radical (unpaired) electrons. The second-order valence-electron chi connectivity index (χ2n) is 8.32. The van der Waals surface area contributed by atoms with Gasteiger partial charge in [-0.2, -0.15) is 0 Å². The third-order valence-corrected chi connectivity index (χ3v) is 7.22. The summed E-state index contributed by atoms with van der Waals surface area (Å²) in [4.78, 5) is 26.3. The van der Waals surface area contributed by atoms with Crippen molar-refractivity contribution < 1.29 is 35.9 Å². The van der Waals surface area contributed by atoms with Crippen molar-refractivity contribution in [3.63, 3.8) is 0 Å². The summed E-state index contributed by atoms with van der Waals surface area (Å²) in [5, 5.41) is 2.22. The van der Waals surface area contributed by atoms with Crippen LogP contribution in [0.25, 0.3) is 0 Å². The van der Waals surface area contributed by atoms with Crippen LogP contribution in [0, 0.1) is 23.4 Å². The van der Waals surface area contributed by atoms with Gasteiger partial charge < -0.3 is 25.3 Å². The van der Waals surface area contributed by atoms with Gasteiger partial charge in [-0.15, -0.1) is 0 Å². The van der Waals surface area contributed by atoms with Gasteiger partial charge in [0.15, 0.2) is 28.9 Å². The van der Waals surface area contributed by atoms with Gasteiger partial charge in [0.25, 0.3) is 5.91 Å². The lowest BCUT2D eigenvalue weighted by Gasteiger charge is -2.23. The van der Waals surface area contributed by atoms with Gasteiger partial charge in [-0.05, 0) is 6.92 Å². The summed E-state index contributed by atoms with van der Waals surface area (Å²) in [6.45, 7) is 1.83. The first-order valence-electron chi connectivity index (χ1n) is 10.2. The second kappa shape index (κ2) is 8.60. The van der Waals surface area contributed by atoms with E-state index >= 15 is 0 Å². The standard InChI is InChI=1S/C20H22F3N5O5S/c1-9(24)20(30)28-5-10-8-33-18-15(34(31,32)26-14(10)6-28)7-27(2)17(18)19(29)25-11-3-12(21)16(23)13(22)4-11/h3-4,7,9-10,14,26H,5-6,8,24H2,1-2H3,(H,25,29)/t9-,10+,14+/m0/s1. The third-order valence-electron chi connectivity index (χ3n) is 5.74. The summed E-state index contributed by atoms with van der Waals surface area (Å²) in [7, 11) is -2.77. The topological polar surface area (TPSA) is 136 Å². The zero-order valence-corrected chi connectivity index (χ0v) is 19.0. The molecule has 0 spiro atoms. The number of halogens is 3. The first-order chi connectivity index (χ1) is 15.9. The van der Waals surface area contributed by atoms with E-state index in [0.29, 0.717) is 12.1 Å². The molecule has 10 nitrogen and oxygen atoms in total. The zero-order chi connectivity index (χ0) is 24.9. The molecule has 14 heteroatoms. The molecule has 4 N–H and O–H groups in total. The van der Waals surface area contributed by atoms with Crippen LogP contribution in [-0.2, 0) is 21.9 Å². The summed E-state index contributed by atoms with van der Waals surface area (Å²) >= 11 is 0. The number of aromatic nitrogens is 1. The number of nitrogens with one attached hydrogen (secondary N) is 2. The molecule has 2 aromatic rings. The highest BCUT2D eigenvalue weighted by Gasteiger charge is 2.42. The van der Waals surface area contributed by atoms with Crippen LogP contribution >= 0.6 is 0 Å². The maximum Gasteiger partial charge on any atom is 0.276 e. The molecule has 1 aromatic carbocycles. The highest BCUT2D eigenvalue weighted by Crippen LogP contribution is 2.35. The molecule has 1 saturated heterocycles. The average Bonchev–Trinajstić information content (AvgIpc) is 3.29. The summed E-state index contributed by atoms with van der Waals surface area (Å²) in [6, 6.07) is -0.190. The molecule has 4 rings (SSSR count). The number of amides is 2. The van der Waals surface area contributed by atoms with Crippen molar-refractivity contribution >= 4 is 27.5 Å². The van der Waals surface area contributed by atoms with E-state index < -0.39 is 51.4 Å². The molecule has 184 valence electrons. The number of hydrogen-bond donors (Lipinski definition) is 3. The van der Waals surface area contributed by atoms with Gasteiger partial charge in [0.2, 0.25) is 15.9 Å². The minimum absolute atomic E-state index is 0.0208. The van der Waals surface area contributed by atoms with Crippen LogP contribution in [0.4, 0.5) is 18.9 Å². The first-order valence-corrected chi connectivity index (χ1v) is 11.7. The fraction of sp³-hybridized carbons (Fsp3) is 0.400. The fourth-order valence-corrected chi connectivity index (χ4v) is 5.57. The monoisotopic (exact) mass is 501 g/mol. The quantitative estimate of drug-likeness (QED) is 0.526. The highest BCUT2D eigenvalue weighted by molar-refractivity contribution is 7.89. The molecule has 0 aliphatic carbocycles. The maximum atomic E-state index is 13.5. The van der Waals surface area contributed by atoms with E-state index in [9.17, 15) is 31.2 Å². The summed E-state index contributed by atoms with van der Waals surface area (Å²) in [5.41, 5.74) is 5.05. The van der Waals surface area contributed by atoms with Crippen molar-refractivity contribution in [3.05, 3.63) is 41.5 Å². The summed E-state index contributed by atoms with van der Waals surface area (Å²) < 4.78 is 75.9. The molecule has 3 atom stereocenters. The molecule has 1 aromatic heterocycles. The molecule has 3 heterocycles. The maximum absolute atomic E-state index is 13.5. The van der Waals surface area contributed by atoms with Crippen molar-refractivity contribution in [2.45, 2.75) is 23.9 Å². The number of benzene rings is 1. The van der Waals surface area contributed by atoms with Crippen molar-refractivity contribution in [1.82, 2.24) is 14.2 Å². The molecule has 0 unspecified atom stereocenters. The Bertz CT molecular complexity index is 1260. The van der Waals surface area contributed by atoms with E-state index in [1.165, 1.54) is 29.6 Å². The molecule has 0 bridgehead atoms. The Kier molecular flexibility index (Phi) is 6.08.